The lowest BCUT2D eigenvalue weighted by molar-refractivity contribution is -0.113. The summed E-state index contributed by atoms with van der Waals surface area (Å²) in [5.41, 5.74) is 2.24. The van der Waals surface area contributed by atoms with Crippen LogP contribution in [0.2, 0.25) is 0 Å². The Labute approximate surface area is 201 Å². The molecule has 0 radical (unpaired) electrons. The van der Waals surface area contributed by atoms with E-state index >= 15 is 0 Å². The van der Waals surface area contributed by atoms with Crippen LogP contribution in [0.5, 0.6) is 0 Å². The van der Waals surface area contributed by atoms with Gasteiger partial charge in [-0.15, -0.1) is 11.3 Å². The van der Waals surface area contributed by atoms with Crippen LogP contribution in [0, 0.1) is 0 Å². The van der Waals surface area contributed by atoms with Crippen molar-refractivity contribution in [3.63, 3.8) is 0 Å². The minimum atomic E-state index is -0.211. The predicted octanol–water partition coefficient (Wildman–Crippen LogP) is 4.23. The number of rotatable bonds is 9. The third-order valence-corrected chi connectivity index (χ3v) is 7.91. The summed E-state index contributed by atoms with van der Waals surface area (Å²) in [7, 11) is 1.57. The molecule has 0 unspecified atom stereocenters. The SMILES string of the molecule is CCCCCn1c(SCC(=O)Nc2cccc(C(=O)NC)c2)nc2sc3c(c2c1=O)CCC3. The van der Waals surface area contributed by atoms with Gasteiger partial charge in [0.15, 0.2) is 5.16 Å². The van der Waals surface area contributed by atoms with Crippen molar-refractivity contribution in [2.24, 2.45) is 0 Å². The highest BCUT2D eigenvalue weighted by atomic mass is 32.2. The molecule has 1 aromatic carbocycles. The molecule has 0 spiro atoms. The number of hydrogen-bond donors (Lipinski definition) is 2. The molecule has 33 heavy (non-hydrogen) atoms. The molecule has 174 valence electrons. The lowest BCUT2D eigenvalue weighted by atomic mass is 10.2. The molecule has 4 rings (SSSR count). The van der Waals surface area contributed by atoms with E-state index in [4.69, 9.17) is 4.98 Å². The van der Waals surface area contributed by atoms with Gasteiger partial charge in [0, 0.05) is 29.7 Å². The molecule has 0 saturated carbocycles. The Kier molecular flexibility index (Phi) is 7.49. The molecule has 2 amide bonds. The van der Waals surface area contributed by atoms with Crippen molar-refractivity contribution >= 4 is 50.8 Å². The lowest BCUT2D eigenvalue weighted by Crippen LogP contribution is -2.24. The number of carbonyl (C=O) groups is 2. The number of thiophene rings is 1. The van der Waals surface area contributed by atoms with Crippen molar-refractivity contribution in [2.75, 3.05) is 18.1 Å². The maximum atomic E-state index is 13.4. The summed E-state index contributed by atoms with van der Waals surface area (Å²) < 4.78 is 1.76. The third kappa shape index (κ3) is 5.14. The molecule has 2 aromatic heterocycles. The second-order valence-corrected chi connectivity index (χ2v) is 10.1. The Morgan fingerprint density at radius 2 is 2.09 bits per heavy atom. The van der Waals surface area contributed by atoms with Gasteiger partial charge in [0.2, 0.25) is 5.91 Å². The highest BCUT2D eigenvalue weighted by Gasteiger charge is 2.23. The van der Waals surface area contributed by atoms with Crippen molar-refractivity contribution in [3.8, 4) is 0 Å². The van der Waals surface area contributed by atoms with E-state index < -0.39 is 0 Å². The number of unbranched alkanes of at least 4 members (excludes halogenated alkanes) is 2. The first-order chi connectivity index (χ1) is 16.0. The molecule has 0 saturated heterocycles. The van der Waals surface area contributed by atoms with Crippen molar-refractivity contribution in [1.29, 1.82) is 0 Å². The first kappa shape index (κ1) is 23.5. The highest BCUT2D eigenvalue weighted by molar-refractivity contribution is 7.99. The zero-order valence-electron chi connectivity index (χ0n) is 18.9. The number of benzene rings is 1. The summed E-state index contributed by atoms with van der Waals surface area (Å²) in [5, 5.41) is 6.78. The molecule has 0 atom stereocenters. The molecular weight excluding hydrogens is 456 g/mol. The standard InChI is InChI=1S/C24H28N4O3S2/c1-3-4-5-12-28-23(31)20-17-10-7-11-18(17)33-22(20)27-24(28)32-14-19(29)26-16-9-6-8-15(13-16)21(30)25-2/h6,8-9,13H,3-5,7,10-12,14H2,1-2H3,(H,25,30)(H,26,29). The van der Waals surface area contributed by atoms with Crippen LogP contribution < -0.4 is 16.2 Å². The van der Waals surface area contributed by atoms with Crippen molar-refractivity contribution < 1.29 is 9.59 Å². The molecule has 1 aliphatic carbocycles. The molecule has 1 aliphatic rings. The van der Waals surface area contributed by atoms with Crippen molar-refractivity contribution in [2.45, 2.75) is 57.1 Å². The molecule has 3 aromatic rings. The van der Waals surface area contributed by atoms with Crippen LogP contribution in [0.25, 0.3) is 10.2 Å². The molecule has 2 heterocycles. The normalized spacial score (nSPS) is 12.7. The predicted molar refractivity (Wildman–Crippen MR) is 135 cm³/mol. The number of thioether (sulfide) groups is 1. The van der Waals surface area contributed by atoms with Crippen LogP contribution in [0.1, 0.15) is 53.4 Å². The molecule has 0 fully saturated rings. The van der Waals surface area contributed by atoms with Crippen LogP contribution in [0.3, 0.4) is 0 Å². The number of carbonyl (C=O) groups excluding carboxylic acids is 2. The van der Waals surface area contributed by atoms with E-state index in [0.29, 0.717) is 23.0 Å². The van der Waals surface area contributed by atoms with E-state index in [2.05, 4.69) is 17.6 Å². The van der Waals surface area contributed by atoms with Gasteiger partial charge in [-0.3, -0.25) is 19.0 Å². The molecule has 9 heteroatoms. The lowest BCUT2D eigenvalue weighted by Gasteiger charge is -2.12. The van der Waals surface area contributed by atoms with Crippen LogP contribution in [0.15, 0.2) is 34.2 Å². The number of aromatic nitrogens is 2. The second-order valence-electron chi connectivity index (χ2n) is 8.09. The number of amides is 2. The summed E-state index contributed by atoms with van der Waals surface area (Å²) in [5.74, 6) is -0.296. The molecule has 0 aliphatic heterocycles. The smallest absolute Gasteiger partial charge is 0.263 e. The Bertz CT molecular complexity index is 1250. The topological polar surface area (TPSA) is 93.1 Å². The summed E-state index contributed by atoms with van der Waals surface area (Å²) in [6.07, 6.45) is 6.08. The number of hydrogen-bond acceptors (Lipinski definition) is 6. The Balaban J connectivity index is 1.54. The minimum Gasteiger partial charge on any atom is -0.355 e. The van der Waals surface area contributed by atoms with Gasteiger partial charge in [0.1, 0.15) is 4.83 Å². The van der Waals surface area contributed by atoms with E-state index in [1.165, 1.54) is 22.2 Å². The highest BCUT2D eigenvalue weighted by Crippen LogP contribution is 2.35. The van der Waals surface area contributed by atoms with E-state index in [9.17, 15) is 14.4 Å². The van der Waals surface area contributed by atoms with Crippen LogP contribution in [-0.4, -0.2) is 34.2 Å². The first-order valence-corrected chi connectivity index (χ1v) is 13.1. The minimum absolute atomic E-state index is 0.0247. The van der Waals surface area contributed by atoms with Gasteiger partial charge in [-0.05, 0) is 49.4 Å². The van der Waals surface area contributed by atoms with Gasteiger partial charge in [-0.25, -0.2) is 4.98 Å². The average Bonchev–Trinajstić information content (AvgIpc) is 3.40. The molecule has 7 nitrogen and oxygen atoms in total. The number of nitrogens with one attached hydrogen (secondary N) is 2. The van der Waals surface area contributed by atoms with Gasteiger partial charge in [0.05, 0.1) is 11.1 Å². The fourth-order valence-electron chi connectivity index (χ4n) is 4.10. The van der Waals surface area contributed by atoms with E-state index in [0.717, 1.165) is 48.7 Å². The summed E-state index contributed by atoms with van der Waals surface area (Å²) in [6, 6.07) is 6.80. The van der Waals surface area contributed by atoms with Gasteiger partial charge in [0.25, 0.3) is 11.5 Å². The Morgan fingerprint density at radius 3 is 2.88 bits per heavy atom. The zero-order valence-corrected chi connectivity index (χ0v) is 20.5. The van der Waals surface area contributed by atoms with E-state index in [1.54, 1.807) is 47.2 Å². The van der Waals surface area contributed by atoms with Crippen molar-refractivity contribution in [3.05, 3.63) is 50.6 Å². The van der Waals surface area contributed by atoms with Crippen LogP contribution in [0.4, 0.5) is 5.69 Å². The summed E-state index contributed by atoms with van der Waals surface area (Å²) in [6.45, 7) is 2.74. The molecule has 0 bridgehead atoms. The van der Waals surface area contributed by atoms with Crippen LogP contribution in [-0.2, 0) is 24.2 Å². The zero-order chi connectivity index (χ0) is 23.4. The fourth-order valence-corrected chi connectivity index (χ4v) is 6.22. The summed E-state index contributed by atoms with van der Waals surface area (Å²) in [4.78, 5) is 44.8. The second kappa shape index (κ2) is 10.5. The third-order valence-electron chi connectivity index (χ3n) is 5.74. The summed E-state index contributed by atoms with van der Waals surface area (Å²) >= 11 is 2.90. The average molecular weight is 485 g/mol. The number of nitrogens with zero attached hydrogens (tertiary/aromatic N) is 2. The van der Waals surface area contributed by atoms with E-state index in [1.807, 2.05) is 0 Å². The number of aryl methyl sites for hydroxylation is 2. The van der Waals surface area contributed by atoms with E-state index in [-0.39, 0.29) is 23.1 Å². The van der Waals surface area contributed by atoms with Gasteiger partial charge < -0.3 is 10.6 Å². The largest absolute Gasteiger partial charge is 0.355 e. The number of fused-ring (bicyclic) bond motifs is 3. The van der Waals surface area contributed by atoms with Crippen molar-refractivity contribution in [1.82, 2.24) is 14.9 Å². The molecular formula is C24H28N4O3S2. The first-order valence-electron chi connectivity index (χ1n) is 11.3. The number of anilines is 1. The quantitative estimate of drug-likeness (QED) is 0.269. The maximum absolute atomic E-state index is 13.4. The fraction of sp³-hybridized carbons (Fsp3) is 0.417. The van der Waals surface area contributed by atoms with Gasteiger partial charge >= 0.3 is 0 Å². The Hall–Kier alpha value is -2.65. The molecule has 2 N–H and O–H groups in total. The maximum Gasteiger partial charge on any atom is 0.263 e. The van der Waals surface area contributed by atoms with Gasteiger partial charge in [-0.1, -0.05) is 37.6 Å². The Morgan fingerprint density at radius 1 is 1.24 bits per heavy atom. The monoisotopic (exact) mass is 484 g/mol. The van der Waals surface area contributed by atoms with Crippen LogP contribution >= 0.6 is 23.1 Å². The van der Waals surface area contributed by atoms with Gasteiger partial charge in [-0.2, -0.15) is 0 Å².